The van der Waals surface area contributed by atoms with Crippen molar-refractivity contribution in [3.63, 3.8) is 0 Å². The normalized spacial score (nSPS) is 18.4. The van der Waals surface area contributed by atoms with E-state index in [0.717, 1.165) is 23.5 Å². The van der Waals surface area contributed by atoms with Crippen LogP contribution in [-0.2, 0) is 0 Å². The molecule has 6 heteroatoms. The molecule has 1 N–H and O–H groups in total. The Bertz CT molecular complexity index is 730. The van der Waals surface area contributed by atoms with Gasteiger partial charge in [0.25, 0.3) is 11.8 Å². The number of thiophene rings is 1. The van der Waals surface area contributed by atoms with E-state index in [1.165, 1.54) is 11.3 Å². The van der Waals surface area contributed by atoms with Crippen molar-refractivity contribution in [2.45, 2.75) is 6.04 Å². The third-order valence-corrected chi connectivity index (χ3v) is 5.29. The Morgan fingerprint density at radius 2 is 2.04 bits per heavy atom. The van der Waals surface area contributed by atoms with Crippen LogP contribution in [0.2, 0.25) is 0 Å². The molecule has 1 aliphatic heterocycles. The SMILES string of the molecule is CNC(=O)c1cccc(C2CN(C(=O)c3cccs3)CCN2C)c1. The van der Waals surface area contributed by atoms with E-state index < -0.39 is 0 Å². The smallest absolute Gasteiger partial charge is 0.264 e. The second-order valence-electron chi connectivity index (χ2n) is 5.93. The monoisotopic (exact) mass is 343 g/mol. The molecule has 1 aromatic heterocycles. The molecule has 0 bridgehead atoms. The van der Waals surface area contributed by atoms with Crippen LogP contribution in [0, 0.1) is 0 Å². The summed E-state index contributed by atoms with van der Waals surface area (Å²) in [5, 5.41) is 4.58. The Hall–Kier alpha value is -2.18. The molecule has 0 radical (unpaired) electrons. The van der Waals surface area contributed by atoms with Gasteiger partial charge in [0, 0.05) is 32.2 Å². The first kappa shape index (κ1) is 16.7. The molecule has 1 atom stereocenters. The molecule has 1 aromatic carbocycles. The summed E-state index contributed by atoms with van der Waals surface area (Å²) in [5.41, 5.74) is 1.70. The lowest BCUT2D eigenvalue weighted by Gasteiger charge is -2.39. The van der Waals surface area contributed by atoms with Crippen molar-refractivity contribution in [2.75, 3.05) is 33.7 Å². The van der Waals surface area contributed by atoms with Crippen LogP contribution in [0.25, 0.3) is 0 Å². The summed E-state index contributed by atoms with van der Waals surface area (Å²) in [6.45, 7) is 2.16. The van der Waals surface area contributed by atoms with Crippen molar-refractivity contribution in [3.05, 3.63) is 57.8 Å². The Balaban J connectivity index is 1.81. The van der Waals surface area contributed by atoms with E-state index >= 15 is 0 Å². The molecule has 1 unspecified atom stereocenters. The quantitative estimate of drug-likeness (QED) is 0.930. The Morgan fingerprint density at radius 3 is 2.75 bits per heavy atom. The number of amides is 2. The number of nitrogens with zero attached hydrogens (tertiary/aromatic N) is 2. The van der Waals surface area contributed by atoms with E-state index in [1.807, 2.05) is 40.6 Å². The predicted octanol–water partition coefficient (Wildman–Crippen LogP) is 2.24. The Morgan fingerprint density at radius 1 is 1.21 bits per heavy atom. The van der Waals surface area contributed by atoms with Gasteiger partial charge in [-0.2, -0.15) is 0 Å². The average Bonchev–Trinajstić information content (AvgIpc) is 3.15. The Labute approximate surface area is 145 Å². The summed E-state index contributed by atoms with van der Waals surface area (Å²) in [7, 11) is 3.69. The second-order valence-corrected chi connectivity index (χ2v) is 6.88. The van der Waals surface area contributed by atoms with Crippen molar-refractivity contribution in [3.8, 4) is 0 Å². The van der Waals surface area contributed by atoms with Crippen LogP contribution in [-0.4, -0.2) is 55.3 Å². The highest BCUT2D eigenvalue weighted by molar-refractivity contribution is 7.12. The van der Waals surface area contributed by atoms with Gasteiger partial charge in [0.2, 0.25) is 0 Å². The number of benzene rings is 1. The van der Waals surface area contributed by atoms with Gasteiger partial charge in [0.1, 0.15) is 0 Å². The van der Waals surface area contributed by atoms with E-state index in [0.29, 0.717) is 12.1 Å². The van der Waals surface area contributed by atoms with Gasteiger partial charge in [-0.25, -0.2) is 0 Å². The highest BCUT2D eigenvalue weighted by Gasteiger charge is 2.29. The van der Waals surface area contributed by atoms with Crippen LogP contribution in [0.1, 0.15) is 31.6 Å². The van der Waals surface area contributed by atoms with Crippen molar-refractivity contribution in [2.24, 2.45) is 0 Å². The van der Waals surface area contributed by atoms with Gasteiger partial charge >= 0.3 is 0 Å². The van der Waals surface area contributed by atoms with Crippen molar-refractivity contribution in [1.29, 1.82) is 0 Å². The lowest BCUT2D eigenvalue weighted by Crippen LogP contribution is -2.48. The molecule has 126 valence electrons. The third kappa shape index (κ3) is 3.34. The fraction of sp³-hybridized carbons (Fsp3) is 0.333. The maximum Gasteiger partial charge on any atom is 0.264 e. The van der Waals surface area contributed by atoms with Crippen LogP contribution in [0.3, 0.4) is 0 Å². The number of hydrogen-bond acceptors (Lipinski definition) is 4. The number of likely N-dealkylation sites (N-methyl/N-ethyl adjacent to an activating group) is 1. The van der Waals surface area contributed by atoms with Gasteiger partial charge in [0.05, 0.1) is 10.9 Å². The van der Waals surface area contributed by atoms with E-state index in [2.05, 4.69) is 17.3 Å². The van der Waals surface area contributed by atoms with Crippen LogP contribution in [0.4, 0.5) is 0 Å². The zero-order valence-corrected chi connectivity index (χ0v) is 14.7. The molecule has 1 saturated heterocycles. The fourth-order valence-corrected chi connectivity index (χ4v) is 3.70. The number of hydrogen-bond donors (Lipinski definition) is 1. The predicted molar refractivity (Wildman–Crippen MR) is 95.4 cm³/mol. The first-order chi connectivity index (χ1) is 11.6. The number of carbonyl (C=O) groups is 2. The molecule has 2 aromatic rings. The summed E-state index contributed by atoms with van der Waals surface area (Å²) in [6.07, 6.45) is 0. The molecule has 2 amide bonds. The van der Waals surface area contributed by atoms with Crippen molar-refractivity contribution >= 4 is 23.2 Å². The van der Waals surface area contributed by atoms with Gasteiger partial charge in [-0.05, 0) is 36.2 Å². The summed E-state index contributed by atoms with van der Waals surface area (Å²) in [5.74, 6) is -0.00705. The van der Waals surface area contributed by atoms with E-state index in [9.17, 15) is 9.59 Å². The second kappa shape index (κ2) is 7.15. The fourth-order valence-electron chi connectivity index (χ4n) is 3.01. The lowest BCUT2D eigenvalue weighted by atomic mass is 10.00. The third-order valence-electron chi connectivity index (χ3n) is 4.43. The number of carbonyl (C=O) groups excluding carboxylic acids is 2. The summed E-state index contributed by atoms with van der Waals surface area (Å²) < 4.78 is 0. The minimum Gasteiger partial charge on any atom is -0.355 e. The van der Waals surface area contributed by atoms with Crippen molar-refractivity contribution in [1.82, 2.24) is 15.1 Å². The summed E-state index contributed by atoms with van der Waals surface area (Å²) in [6, 6.07) is 11.5. The van der Waals surface area contributed by atoms with Gasteiger partial charge in [-0.3, -0.25) is 14.5 Å². The lowest BCUT2D eigenvalue weighted by molar-refractivity contribution is 0.0550. The first-order valence-corrected chi connectivity index (χ1v) is 8.83. The van der Waals surface area contributed by atoms with Gasteiger partial charge in [-0.1, -0.05) is 18.2 Å². The molecule has 1 fully saturated rings. The number of nitrogens with one attached hydrogen (secondary N) is 1. The van der Waals surface area contributed by atoms with E-state index in [1.54, 1.807) is 13.1 Å². The first-order valence-electron chi connectivity index (χ1n) is 7.95. The minimum absolute atomic E-state index is 0.0885. The van der Waals surface area contributed by atoms with Crippen molar-refractivity contribution < 1.29 is 9.59 Å². The molecule has 2 heterocycles. The van der Waals surface area contributed by atoms with Gasteiger partial charge < -0.3 is 10.2 Å². The molecule has 5 nitrogen and oxygen atoms in total. The highest BCUT2D eigenvalue weighted by atomic mass is 32.1. The minimum atomic E-state index is -0.0955. The zero-order valence-electron chi connectivity index (χ0n) is 13.9. The number of rotatable bonds is 3. The molecule has 0 spiro atoms. The van der Waals surface area contributed by atoms with Crippen LogP contribution in [0.15, 0.2) is 41.8 Å². The zero-order chi connectivity index (χ0) is 17.1. The van der Waals surface area contributed by atoms with Crippen LogP contribution in [0.5, 0.6) is 0 Å². The van der Waals surface area contributed by atoms with E-state index in [-0.39, 0.29) is 17.9 Å². The topological polar surface area (TPSA) is 52.7 Å². The molecular formula is C18H21N3O2S. The largest absolute Gasteiger partial charge is 0.355 e. The molecular weight excluding hydrogens is 322 g/mol. The summed E-state index contributed by atoms with van der Waals surface area (Å²) >= 11 is 1.47. The highest BCUT2D eigenvalue weighted by Crippen LogP contribution is 2.26. The standard InChI is InChI=1S/C18H21N3O2S/c1-19-17(22)14-6-3-5-13(11-14)15-12-21(9-8-20(15)2)18(23)16-7-4-10-24-16/h3-7,10-11,15H,8-9,12H2,1-2H3,(H,19,22). The summed E-state index contributed by atoms with van der Waals surface area (Å²) in [4.78, 5) is 29.4. The number of piperazine rings is 1. The molecule has 3 rings (SSSR count). The van der Waals surface area contributed by atoms with Gasteiger partial charge in [-0.15, -0.1) is 11.3 Å². The maximum absolute atomic E-state index is 12.6. The maximum atomic E-state index is 12.6. The molecule has 24 heavy (non-hydrogen) atoms. The molecule has 1 aliphatic rings. The van der Waals surface area contributed by atoms with Crippen LogP contribution < -0.4 is 5.32 Å². The average molecular weight is 343 g/mol. The molecule has 0 saturated carbocycles. The van der Waals surface area contributed by atoms with Gasteiger partial charge in [0.15, 0.2) is 0 Å². The van der Waals surface area contributed by atoms with E-state index in [4.69, 9.17) is 0 Å². The molecule has 0 aliphatic carbocycles. The Kier molecular flexibility index (Phi) is 4.97. The van der Waals surface area contributed by atoms with Crippen LogP contribution >= 0.6 is 11.3 Å².